The zero-order valence-electron chi connectivity index (χ0n) is 6.66. The Morgan fingerprint density at radius 1 is 1.09 bits per heavy atom. The van der Waals surface area contributed by atoms with Crippen LogP contribution < -0.4 is 11.5 Å². The summed E-state index contributed by atoms with van der Waals surface area (Å²) in [7, 11) is 0. The van der Waals surface area contributed by atoms with E-state index in [-0.39, 0.29) is 24.8 Å². The van der Waals surface area contributed by atoms with E-state index in [0.29, 0.717) is 12.0 Å². The molecule has 0 aromatic rings. The van der Waals surface area contributed by atoms with Crippen LogP contribution in [0.25, 0.3) is 0 Å². The Balaban J connectivity index is 0. The molecule has 0 aliphatic heterocycles. The van der Waals surface area contributed by atoms with Crippen molar-refractivity contribution >= 4 is 24.8 Å². The number of nitrogens with two attached hydrogens (primary N) is 2. The molecule has 1 aliphatic carbocycles. The monoisotopic (exact) mass is 200 g/mol. The van der Waals surface area contributed by atoms with Gasteiger partial charge in [0.1, 0.15) is 0 Å². The van der Waals surface area contributed by atoms with E-state index in [1.54, 1.807) is 0 Å². The zero-order valence-corrected chi connectivity index (χ0v) is 8.29. The minimum Gasteiger partial charge on any atom is -0.330 e. The van der Waals surface area contributed by atoms with E-state index in [4.69, 9.17) is 11.5 Å². The normalized spacial score (nSPS) is 30.0. The minimum absolute atomic E-state index is 0. The highest BCUT2D eigenvalue weighted by Gasteiger charge is 2.19. The van der Waals surface area contributed by atoms with Gasteiger partial charge >= 0.3 is 0 Å². The molecular weight excluding hydrogens is 183 g/mol. The van der Waals surface area contributed by atoms with Crippen LogP contribution in [-0.2, 0) is 0 Å². The Morgan fingerprint density at radius 2 is 1.64 bits per heavy atom. The van der Waals surface area contributed by atoms with Crippen LogP contribution in [0.5, 0.6) is 0 Å². The largest absolute Gasteiger partial charge is 0.330 e. The molecule has 0 bridgehead atoms. The van der Waals surface area contributed by atoms with E-state index in [0.717, 1.165) is 6.54 Å². The van der Waals surface area contributed by atoms with Gasteiger partial charge in [-0.3, -0.25) is 0 Å². The highest BCUT2D eigenvalue weighted by Crippen LogP contribution is 2.21. The lowest BCUT2D eigenvalue weighted by atomic mass is 9.85. The fourth-order valence-electron chi connectivity index (χ4n) is 1.53. The molecule has 4 N–H and O–H groups in total. The van der Waals surface area contributed by atoms with Gasteiger partial charge in [0.05, 0.1) is 0 Å². The molecular formula is C7H18Cl2N2. The molecule has 1 aliphatic rings. The third-order valence-corrected chi connectivity index (χ3v) is 2.27. The molecule has 2 nitrogen and oxygen atoms in total. The zero-order chi connectivity index (χ0) is 6.69. The van der Waals surface area contributed by atoms with Gasteiger partial charge in [-0.2, -0.15) is 0 Å². The second kappa shape index (κ2) is 7.17. The molecule has 0 spiro atoms. The number of halogens is 2. The van der Waals surface area contributed by atoms with Crippen LogP contribution in [0, 0.1) is 5.92 Å². The van der Waals surface area contributed by atoms with Gasteiger partial charge in [-0.1, -0.05) is 12.8 Å². The van der Waals surface area contributed by atoms with Crippen molar-refractivity contribution < 1.29 is 0 Å². The maximum Gasteiger partial charge on any atom is 0.00792 e. The molecule has 0 unspecified atom stereocenters. The molecule has 0 radical (unpaired) electrons. The van der Waals surface area contributed by atoms with Gasteiger partial charge in [0.25, 0.3) is 0 Å². The Bertz CT molecular complexity index is 90.5. The van der Waals surface area contributed by atoms with E-state index >= 15 is 0 Å². The third kappa shape index (κ3) is 4.16. The average Bonchev–Trinajstić information content (AvgIpc) is 1.89. The van der Waals surface area contributed by atoms with Gasteiger partial charge in [0, 0.05) is 6.04 Å². The van der Waals surface area contributed by atoms with Crippen LogP contribution in [0.4, 0.5) is 0 Å². The molecule has 1 fully saturated rings. The predicted molar refractivity (Wildman–Crippen MR) is 53.5 cm³/mol. The van der Waals surface area contributed by atoms with Gasteiger partial charge in [0.2, 0.25) is 0 Å². The summed E-state index contributed by atoms with van der Waals surface area (Å²) in [5.74, 6) is 0.610. The van der Waals surface area contributed by atoms with Crippen molar-refractivity contribution in [2.24, 2.45) is 17.4 Å². The summed E-state index contributed by atoms with van der Waals surface area (Å²) in [6.45, 7) is 0.779. The van der Waals surface area contributed by atoms with Crippen LogP contribution in [0.2, 0.25) is 0 Å². The third-order valence-electron chi connectivity index (χ3n) is 2.27. The average molecular weight is 201 g/mol. The highest BCUT2D eigenvalue weighted by molar-refractivity contribution is 5.85. The lowest BCUT2D eigenvalue weighted by Crippen LogP contribution is -2.37. The van der Waals surface area contributed by atoms with Crippen LogP contribution in [0.15, 0.2) is 0 Å². The number of hydrogen-bond acceptors (Lipinski definition) is 2. The highest BCUT2D eigenvalue weighted by atomic mass is 35.5. The van der Waals surface area contributed by atoms with E-state index in [9.17, 15) is 0 Å². The van der Waals surface area contributed by atoms with Crippen molar-refractivity contribution in [3.05, 3.63) is 0 Å². The quantitative estimate of drug-likeness (QED) is 0.671. The van der Waals surface area contributed by atoms with Crippen molar-refractivity contribution in [1.82, 2.24) is 0 Å². The van der Waals surface area contributed by atoms with Crippen LogP contribution in [0.1, 0.15) is 25.7 Å². The summed E-state index contributed by atoms with van der Waals surface area (Å²) in [5.41, 5.74) is 11.3. The van der Waals surface area contributed by atoms with Crippen molar-refractivity contribution in [3.8, 4) is 0 Å². The van der Waals surface area contributed by atoms with E-state index in [1.165, 1.54) is 25.7 Å². The summed E-state index contributed by atoms with van der Waals surface area (Å²) in [6, 6.07) is 0.392. The van der Waals surface area contributed by atoms with Crippen molar-refractivity contribution in [2.45, 2.75) is 31.7 Å². The van der Waals surface area contributed by atoms with Gasteiger partial charge in [-0.25, -0.2) is 0 Å². The molecule has 1 saturated carbocycles. The lowest BCUT2D eigenvalue weighted by molar-refractivity contribution is 0.315. The van der Waals surface area contributed by atoms with Gasteiger partial charge in [-0.15, -0.1) is 24.8 Å². The molecule has 0 aromatic heterocycles. The minimum atomic E-state index is 0. The van der Waals surface area contributed by atoms with E-state index in [2.05, 4.69) is 0 Å². The lowest BCUT2D eigenvalue weighted by Gasteiger charge is -2.26. The molecule has 1 rings (SSSR count). The topological polar surface area (TPSA) is 52.0 Å². The summed E-state index contributed by atoms with van der Waals surface area (Å²) in [4.78, 5) is 0. The van der Waals surface area contributed by atoms with Crippen LogP contribution in [0.3, 0.4) is 0 Å². The second-order valence-electron chi connectivity index (χ2n) is 2.94. The summed E-state index contributed by atoms with van der Waals surface area (Å²) < 4.78 is 0. The van der Waals surface area contributed by atoms with Crippen LogP contribution >= 0.6 is 24.8 Å². The maximum atomic E-state index is 5.81. The van der Waals surface area contributed by atoms with Crippen molar-refractivity contribution in [3.63, 3.8) is 0 Å². The molecule has 70 valence electrons. The van der Waals surface area contributed by atoms with E-state index < -0.39 is 0 Å². The molecule has 0 saturated heterocycles. The summed E-state index contributed by atoms with van der Waals surface area (Å²) in [5, 5.41) is 0. The summed E-state index contributed by atoms with van der Waals surface area (Å²) >= 11 is 0. The molecule has 4 heteroatoms. The number of hydrogen-bond donors (Lipinski definition) is 2. The summed E-state index contributed by atoms with van der Waals surface area (Å²) in [6.07, 6.45) is 5.06. The van der Waals surface area contributed by atoms with E-state index in [1.807, 2.05) is 0 Å². The molecule has 0 amide bonds. The molecule has 11 heavy (non-hydrogen) atoms. The first-order chi connectivity index (χ1) is 4.34. The standard InChI is InChI=1S/C7H16N2.2ClH/c8-5-6-3-1-2-4-7(6)9;;/h6-7H,1-5,8-9H2;2*1H/t6-,7+;;/m1../s1. The first-order valence-electron chi connectivity index (χ1n) is 3.80. The fourth-order valence-corrected chi connectivity index (χ4v) is 1.53. The molecule has 2 atom stereocenters. The second-order valence-corrected chi connectivity index (χ2v) is 2.94. The SMILES string of the molecule is Cl.Cl.NC[C@H]1CCCC[C@@H]1N. The van der Waals surface area contributed by atoms with Crippen LogP contribution in [-0.4, -0.2) is 12.6 Å². The maximum absolute atomic E-state index is 5.81. The molecule has 0 heterocycles. The number of rotatable bonds is 1. The Hall–Kier alpha value is 0.500. The van der Waals surface area contributed by atoms with Gasteiger partial charge in [0.15, 0.2) is 0 Å². The smallest absolute Gasteiger partial charge is 0.00792 e. The fraction of sp³-hybridized carbons (Fsp3) is 1.00. The van der Waals surface area contributed by atoms with Gasteiger partial charge in [-0.05, 0) is 25.3 Å². The Morgan fingerprint density at radius 3 is 2.00 bits per heavy atom. The molecule has 0 aromatic carbocycles. The first-order valence-corrected chi connectivity index (χ1v) is 3.80. The predicted octanol–water partition coefficient (Wildman–Crippen LogP) is 1.31. The first kappa shape index (κ1) is 14.0. The van der Waals surface area contributed by atoms with Crippen molar-refractivity contribution in [2.75, 3.05) is 6.54 Å². The Labute approximate surface area is 80.9 Å². The Kier molecular flexibility index (Phi) is 9.15. The van der Waals surface area contributed by atoms with Crippen molar-refractivity contribution in [1.29, 1.82) is 0 Å². The van der Waals surface area contributed by atoms with Gasteiger partial charge < -0.3 is 11.5 Å².